The van der Waals surface area contributed by atoms with Gasteiger partial charge in [-0.1, -0.05) is 35.3 Å². The summed E-state index contributed by atoms with van der Waals surface area (Å²) in [4.78, 5) is 8.64. The number of nitrogens with zero attached hydrogens (tertiary/aromatic N) is 3. The number of nitrogens with one attached hydrogen (secondary N) is 1. The Morgan fingerprint density at radius 2 is 1.71 bits per heavy atom. The molecule has 0 saturated heterocycles. The van der Waals surface area contributed by atoms with Crippen LogP contribution in [0.5, 0.6) is 0 Å². The van der Waals surface area contributed by atoms with E-state index in [1.165, 1.54) is 6.33 Å². The van der Waals surface area contributed by atoms with Crippen molar-refractivity contribution in [2.45, 2.75) is 6.92 Å². The van der Waals surface area contributed by atoms with Gasteiger partial charge in [-0.25, -0.2) is 9.97 Å². The van der Waals surface area contributed by atoms with Crippen molar-refractivity contribution in [2.24, 2.45) is 5.10 Å². The lowest BCUT2D eigenvalue weighted by Gasteiger charge is -2.08. The first-order valence-corrected chi connectivity index (χ1v) is 10.3. The highest BCUT2D eigenvalue weighted by atomic mass is 35.5. The highest BCUT2D eigenvalue weighted by molar-refractivity contribution is 6.32. The third-order valence-electron chi connectivity index (χ3n) is 4.98. The molecule has 0 spiro atoms. The van der Waals surface area contributed by atoms with Crippen LogP contribution in [0.15, 0.2) is 82.6 Å². The maximum absolute atomic E-state index is 6.39. The Kier molecular flexibility index (Phi) is 5.06. The van der Waals surface area contributed by atoms with E-state index in [0.717, 1.165) is 27.4 Å². The molecule has 152 valence electrons. The molecule has 0 fully saturated rings. The molecule has 5 rings (SSSR count). The number of fused-ring (bicyclic) bond motifs is 2. The van der Waals surface area contributed by atoms with Crippen LogP contribution in [-0.2, 0) is 0 Å². The number of aromatic nitrogens is 2. The van der Waals surface area contributed by atoms with Crippen molar-refractivity contribution in [1.82, 2.24) is 9.97 Å². The first-order valence-electron chi connectivity index (χ1n) is 9.58. The molecule has 0 saturated carbocycles. The summed E-state index contributed by atoms with van der Waals surface area (Å²) in [5.74, 6) is 1.28. The quantitative estimate of drug-likeness (QED) is 0.317. The van der Waals surface area contributed by atoms with Gasteiger partial charge >= 0.3 is 0 Å². The molecule has 31 heavy (non-hydrogen) atoms. The standard InChI is InChI=1S/C24H16Cl2N4O/c1-14-10-23-18(11-19(14)26)21(12-22(31-23)15-6-8-16(25)9-7-15)29-30-24-17-4-2-3-5-20(17)27-13-28-24/h2-13H,1H3,(H,27,28,30). The maximum atomic E-state index is 6.39. The first kappa shape index (κ1) is 19.5. The van der Waals surface area contributed by atoms with Crippen LogP contribution < -0.4 is 10.8 Å². The Hall–Kier alpha value is -3.41. The van der Waals surface area contributed by atoms with Gasteiger partial charge in [0.1, 0.15) is 17.7 Å². The zero-order valence-electron chi connectivity index (χ0n) is 16.4. The third kappa shape index (κ3) is 3.85. The zero-order chi connectivity index (χ0) is 21.4. The van der Waals surface area contributed by atoms with Crippen molar-refractivity contribution in [3.05, 3.63) is 94.0 Å². The number of hydrogen-bond donors (Lipinski definition) is 1. The fourth-order valence-corrected chi connectivity index (χ4v) is 3.64. The van der Waals surface area contributed by atoms with E-state index in [2.05, 4.69) is 20.5 Å². The van der Waals surface area contributed by atoms with Crippen LogP contribution in [0.25, 0.3) is 33.2 Å². The van der Waals surface area contributed by atoms with E-state index in [4.69, 9.17) is 27.6 Å². The summed E-state index contributed by atoms with van der Waals surface area (Å²) in [5, 5.41) is 8.30. The number of rotatable bonds is 3. The number of anilines is 1. The predicted molar refractivity (Wildman–Crippen MR) is 125 cm³/mol. The number of para-hydroxylation sites is 1. The number of aryl methyl sites for hydroxylation is 1. The monoisotopic (exact) mass is 446 g/mol. The average Bonchev–Trinajstić information content (AvgIpc) is 2.79. The van der Waals surface area contributed by atoms with Gasteiger partial charge in [0.2, 0.25) is 0 Å². The normalized spacial score (nSPS) is 11.9. The molecule has 5 aromatic rings. The Morgan fingerprint density at radius 3 is 2.55 bits per heavy atom. The Balaban J connectivity index is 1.70. The van der Waals surface area contributed by atoms with E-state index < -0.39 is 0 Å². The molecule has 5 nitrogen and oxygen atoms in total. The van der Waals surface area contributed by atoms with E-state index >= 15 is 0 Å². The second kappa shape index (κ2) is 8.02. The van der Waals surface area contributed by atoms with E-state index in [0.29, 0.717) is 32.6 Å². The van der Waals surface area contributed by atoms with Gasteiger partial charge in [-0.05, 0) is 61.0 Å². The number of benzene rings is 3. The maximum Gasteiger partial charge on any atom is 0.157 e. The molecule has 0 aliphatic carbocycles. The molecule has 0 aliphatic rings. The summed E-state index contributed by atoms with van der Waals surface area (Å²) in [6, 6.07) is 20.9. The van der Waals surface area contributed by atoms with Crippen molar-refractivity contribution in [2.75, 3.05) is 5.43 Å². The number of hydrogen-bond acceptors (Lipinski definition) is 5. The summed E-state index contributed by atoms with van der Waals surface area (Å²) in [6.07, 6.45) is 1.51. The van der Waals surface area contributed by atoms with Crippen LogP contribution in [0.2, 0.25) is 10.0 Å². The largest absolute Gasteiger partial charge is 0.456 e. The lowest BCUT2D eigenvalue weighted by molar-refractivity contribution is 0.618. The lowest BCUT2D eigenvalue weighted by Crippen LogP contribution is -2.08. The second-order valence-electron chi connectivity index (χ2n) is 7.06. The highest BCUT2D eigenvalue weighted by Gasteiger charge is 2.09. The Labute approximate surface area is 188 Å². The van der Waals surface area contributed by atoms with Gasteiger partial charge in [-0.3, -0.25) is 5.43 Å². The summed E-state index contributed by atoms with van der Waals surface area (Å²) in [7, 11) is 0. The fourth-order valence-electron chi connectivity index (χ4n) is 3.35. The van der Waals surface area contributed by atoms with Gasteiger partial charge in [0.15, 0.2) is 5.82 Å². The minimum absolute atomic E-state index is 0.616. The van der Waals surface area contributed by atoms with Crippen molar-refractivity contribution in [1.29, 1.82) is 0 Å². The molecule has 0 atom stereocenters. The van der Waals surface area contributed by atoms with Gasteiger partial charge in [-0.2, -0.15) is 5.10 Å². The second-order valence-corrected chi connectivity index (χ2v) is 7.91. The van der Waals surface area contributed by atoms with E-state index in [1.807, 2.05) is 73.7 Å². The van der Waals surface area contributed by atoms with Crippen molar-refractivity contribution in [3.8, 4) is 11.3 Å². The molecule has 0 bridgehead atoms. The molecule has 3 aromatic carbocycles. The van der Waals surface area contributed by atoms with Crippen LogP contribution in [-0.4, -0.2) is 9.97 Å². The van der Waals surface area contributed by atoms with Crippen molar-refractivity contribution in [3.63, 3.8) is 0 Å². The molecule has 7 heteroatoms. The van der Waals surface area contributed by atoms with Crippen LogP contribution in [0.3, 0.4) is 0 Å². The van der Waals surface area contributed by atoms with Crippen LogP contribution >= 0.6 is 23.2 Å². The van der Waals surface area contributed by atoms with E-state index in [-0.39, 0.29) is 0 Å². The van der Waals surface area contributed by atoms with Gasteiger partial charge < -0.3 is 4.42 Å². The molecular formula is C24H16Cl2N4O. The van der Waals surface area contributed by atoms with E-state index in [9.17, 15) is 0 Å². The van der Waals surface area contributed by atoms with Gasteiger partial charge in [0, 0.05) is 32.4 Å². The summed E-state index contributed by atoms with van der Waals surface area (Å²) in [6.45, 7) is 1.94. The summed E-state index contributed by atoms with van der Waals surface area (Å²) >= 11 is 12.4. The minimum Gasteiger partial charge on any atom is -0.456 e. The SMILES string of the molecule is Cc1cc2oc(-c3ccc(Cl)cc3)cc(=NNc3ncnc4ccccc34)c2cc1Cl. The third-order valence-corrected chi connectivity index (χ3v) is 5.64. The van der Waals surface area contributed by atoms with Gasteiger partial charge in [0.05, 0.1) is 10.9 Å². The molecule has 2 heterocycles. The predicted octanol–water partition coefficient (Wildman–Crippen LogP) is 6.59. The molecule has 0 aliphatic heterocycles. The highest BCUT2D eigenvalue weighted by Crippen LogP contribution is 2.27. The lowest BCUT2D eigenvalue weighted by atomic mass is 10.1. The topological polar surface area (TPSA) is 63.3 Å². The fraction of sp³-hybridized carbons (Fsp3) is 0.0417. The molecule has 0 unspecified atom stereocenters. The van der Waals surface area contributed by atoms with Gasteiger partial charge in [-0.15, -0.1) is 0 Å². The van der Waals surface area contributed by atoms with Crippen molar-refractivity contribution >= 4 is 50.9 Å². The molecule has 2 aromatic heterocycles. The van der Waals surface area contributed by atoms with Crippen molar-refractivity contribution < 1.29 is 4.42 Å². The van der Waals surface area contributed by atoms with Crippen LogP contribution in [0, 0.1) is 6.92 Å². The Bertz CT molecular complexity index is 1490. The molecular weight excluding hydrogens is 431 g/mol. The van der Waals surface area contributed by atoms with Gasteiger partial charge in [0.25, 0.3) is 0 Å². The minimum atomic E-state index is 0.616. The van der Waals surface area contributed by atoms with E-state index in [1.54, 1.807) is 0 Å². The van der Waals surface area contributed by atoms with Crippen LogP contribution in [0.4, 0.5) is 5.82 Å². The Morgan fingerprint density at radius 1 is 0.903 bits per heavy atom. The molecule has 0 radical (unpaired) electrons. The summed E-state index contributed by atoms with van der Waals surface area (Å²) in [5.41, 5.74) is 6.42. The molecule has 0 amide bonds. The summed E-state index contributed by atoms with van der Waals surface area (Å²) < 4.78 is 6.17. The number of halogens is 2. The molecule has 1 N–H and O–H groups in total. The smallest absolute Gasteiger partial charge is 0.157 e. The zero-order valence-corrected chi connectivity index (χ0v) is 17.9. The average molecular weight is 447 g/mol. The van der Waals surface area contributed by atoms with Crippen LogP contribution in [0.1, 0.15) is 5.56 Å². The first-order chi connectivity index (χ1) is 15.1.